The Morgan fingerprint density at radius 2 is 1.78 bits per heavy atom. The molecule has 142 valence electrons. The fraction of sp³-hybridized carbons (Fsp3) is 0.300. The third kappa shape index (κ3) is 7.29. The minimum atomic E-state index is -0.918. The third-order valence-corrected chi connectivity index (χ3v) is 4.34. The first-order chi connectivity index (χ1) is 13.0. The van der Waals surface area contributed by atoms with Crippen molar-refractivity contribution in [2.24, 2.45) is 10.7 Å². The van der Waals surface area contributed by atoms with Gasteiger partial charge >= 0.3 is 5.97 Å². The highest BCUT2D eigenvalue weighted by molar-refractivity contribution is 7.78. The number of hydrogen-bond donors (Lipinski definition) is 4. The summed E-state index contributed by atoms with van der Waals surface area (Å²) in [6.07, 6.45) is 1.24. The van der Waals surface area contributed by atoms with Crippen LogP contribution in [0.1, 0.15) is 17.5 Å². The van der Waals surface area contributed by atoms with Gasteiger partial charge in [-0.25, -0.2) is 0 Å². The Kier molecular flexibility index (Phi) is 8.10. The molecule has 0 aliphatic heterocycles. The van der Waals surface area contributed by atoms with Gasteiger partial charge < -0.3 is 21.3 Å². The number of benzene rings is 2. The first-order valence-corrected chi connectivity index (χ1v) is 9.04. The standard InChI is InChI=1S/C20H23N3O3S/c21-18(12-20(25)26)19(11-15-1-5-16(6-2-15)23-13-27)22-10-9-14-3-7-17(24)8-4-14/h1-8,18-19,22,24H,9-12,21H2,(H,25,26). The number of nitrogens with zero attached hydrogens (tertiary/aromatic N) is 1. The van der Waals surface area contributed by atoms with Crippen molar-refractivity contribution < 1.29 is 15.0 Å². The van der Waals surface area contributed by atoms with Crippen molar-refractivity contribution in [3.05, 3.63) is 59.7 Å². The molecule has 0 bridgehead atoms. The summed E-state index contributed by atoms with van der Waals surface area (Å²) in [4.78, 5) is 15.0. The molecule has 0 heterocycles. The molecule has 0 aliphatic carbocycles. The predicted molar refractivity (Wildman–Crippen MR) is 109 cm³/mol. The quantitative estimate of drug-likeness (QED) is 0.370. The van der Waals surface area contributed by atoms with Crippen molar-refractivity contribution in [2.75, 3.05) is 6.54 Å². The van der Waals surface area contributed by atoms with Crippen LogP contribution in [0.15, 0.2) is 53.5 Å². The van der Waals surface area contributed by atoms with Gasteiger partial charge in [0.05, 0.1) is 17.3 Å². The third-order valence-electron chi connectivity index (χ3n) is 4.25. The fourth-order valence-electron chi connectivity index (χ4n) is 2.80. The molecule has 2 atom stereocenters. The minimum Gasteiger partial charge on any atom is -0.508 e. The number of nitrogens with one attached hydrogen (secondary N) is 1. The molecule has 0 aliphatic rings. The number of carbonyl (C=O) groups is 1. The zero-order chi connectivity index (χ0) is 19.6. The molecular formula is C20H23N3O3S. The van der Waals surface area contributed by atoms with Crippen LogP contribution in [0.25, 0.3) is 0 Å². The van der Waals surface area contributed by atoms with Gasteiger partial charge in [0.1, 0.15) is 5.75 Å². The number of thiocarbonyl (C=S) groups is 1. The average Bonchev–Trinajstić information content (AvgIpc) is 2.63. The topological polar surface area (TPSA) is 108 Å². The lowest BCUT2D eigenvalue weighted by Crippen LogP contribution is -2.48. The molecule has 0 spiro atoms. The zero-order valence-corrected chi connectivity index (χ0v) is 15.7. The summed E-state index contributed by atoms with van der Waals surface area (Å²) in [5, 5.41) is 24.1. The Labute approximate surface area is 163 Å². The average molecular weight is 385 g/mol. The van der Waals surface area contributed by atoms with Crippen molar-refractivity contribution in [2.45, 2.75) is 31.3 Å². The maximum Gasteiger partial charge on any atom is 0.304 e. The first kappa shape index (κ1) is 20.7. The molecule has 0 aromatic heterocycles. The maximum absolute atomic E-state index is 11.0. The van der Waals surface area contributed by atoms with Crippen LogP contribution in [-0.4, -0.2) is 40.0 Å². The Hall–Kier alpha value is -2.57. The van der Waals surface area contributed by atoms with E-state index in [0.29, 0.717) is 13.0 Å². The number of phenolic OH excluding ortho intramolecular Hbond substituents is 1. The summed E-state index contributed by atoms with van der Waals surface area (Å²) in [5.74, 6) is -0.687. The summed E-state index contributed by atoms with van der Waals surface area (Å²) in [6.45, 7) is 0.649. The molecular weight excluding hydrogens is 362 g/mol. The summed E-state index contributed by atoms with van der Waals surface area (Å²) in [5.41, 5.74) is 8.95. The molecule has 7 heteroatoms. The first-order valence-electron chi connectivity index (χ1n) is 8.63. The summed E-state index contributed by atoms with van der Waals surface area (Å²) >= 11 is 4.59. The monoisotopic (exact) mass is 385 g/mol. The van der Waals surface area contributed by atoms with E-state index >= 15 is 0 Å². The van der Waals surface area contributed by atoms with E-state index in [-0.39, 0.29) is 18.2 Å². The Morgan fingerprint density at radius 3 is 2.37 bits per heavy atom. The number of phenols is 1. The second kappa shape index (κ2) is 10.5. The number of carboxylic acids is 1. The van der Waals surface area contributed by atoms with Crippen molar-refractivity contribution >= 4 is 29.0 Å². The molecule has 0 amide bonds. The molecule has 6 nitrogen and oxygen atoms in total. The Bertz CT molecular complexity index is 787. The van der Waals surface area contributed by atoms with Gasteiger partial charge in [-0.05, 0) is 67.0 Å². The van der Waals surface area contributed by atoms with E-state index in [1.165, 1.54) is 0 Å². The minimum absolute atomic E-state index is 0.107. The van der Waals surface area contributed by atoms with Crippen molar-refractivity contribution in [1.82, 2.24) is 5.32 Å². The molecule has 0 fully saturated rings. The lowest BCUT2D eigenvalue weighted by atomic mass is 9.97. The van der Waals surface area contributed by atoms with E-state index in [2.05, 4.69) is 27.7 Å². The van der Waals surface area contributed by atoms with Crippen LogP contribution in [0.3, 0.4) is 0 Å². The van der Waals surface area contributed by atoms with Gasteiger partial charge in [-0.1, -0.05) is 24.3 Å². The number of hydrogen-bond acceptors (Lipinski definition) is 6. The van der Waals surface area contributed by atoms with Gasteiger partial charge in [0, 0.05) is 12.1 Å². The van der Waals surface area contributed by atoms with Crippen molar-refractivity contribution in [3.63, 3.8) is 0 Å². The second-order valence-corrected chi connectivity index (χ2v) is 6.50. The van der Waals surface area contributed by atoms with Crippen LogP contribution in [0, 0.1) is 0 Å². The molecule has 0 radical (unpaired) electrons. The van der Waals surface area contributed by atoms with Gasteiger partial charge in [-0.2, -0.15) is 4.99 Å². The van der Waals surface area contributed by atoms with Crippen molar-refractivity contribution in [3.8, 4) is 5.75 Å². The van der Waals surface area contributed by atoms with Crippen molar-refractivity contribution in [1.29, 1.82) is 0 Å². The number of aromatic hydroxyl groups is 1. The maximum atomic E-state index is 11.0. The van der Waals surface area contributed by atoms with Crippen LogP contribution in [0.2, 0.25) is 0 Å². The highest BCUT2D eigenvalue weighted by Gasteiger charge is 2.20. The van der Waals surface area contributed by atoms with Crippen LogP contribution < -0.4 is 11.1 Å². The van der Waals surface area contributed by atoms with Gasteiger partial charge in [0.2, 0.25) is 0 Å². The molecule has 2 aromatic carbocycles. The molecule has 2 unspecified atom stereocenters. The fourth-order valence-corrected chi connectivity index (χ4v) is 2.90. The zero-order valence-electron chi connectivity index (χ0n) is 14.8. The number of aliphatic imine (C=N–C) groups is 1. The highest BCUT2D eigenvalue weighted by atomic mass is 32.1. The van der Waals surface area contributed by atoms with Gasteiger partial charge in [-0.15, -0.1) is 0 Å². The lowest BCUT2D eigenvalue weighted by Gasteiger charge is -2.24. The summed E-state index contributed by atoms with van der Waals surface area (Å²) < 4.78 is 0. The number of isothiocyanates is 1. The van der Waals surface area contributed by atoms with Gasteiger partial charge in [-0.3, -0.25) is 4.79 Å². The SMILES string of the molecule is NC(CC(=O)O)C(Cc1ccc(N=C=S)cc1)NCCc1ccc(O)cc1. The van der Waals surface area contributed by atoms with E-state index in [0.717, 1.165) is 23.2 Å². The molecule has 27 heavy (non-hydrogen) atoms. The second-order valence-electron chi connectivity index (χ2n) is 6.31. The normalized spacial score (nSPS) is 12.8. The molecule has 2 aromatic rings. The van der Waals surface area contributed by atoms with Gasteiger partial charge in [0.25, 0.3) is 0 Å². The smallest absolute Gasteiger partial charge is 0.304 e. The van der Waals surface area contributed by atoms with E-state index in [9.17, 15) is 9.90 Å². The molecule has 0 saturated heterocycles. The van der Waals surface area contributed by atoms with Crippen LogP contribution in [0.5, 0.6) is 5.75 Å². The van der Waals surface area contributed by atoms with E-state index in [4.69, 9.17) is 10.8 Å². The number of nitrogens with two attached hydrogens (primary N) is 1. The predicted octanol–water partition coefficient (Wildman–Crippen LogP) is 2.67. The van der Waals surface area contributed by atoms with E-state index in [1.807, 2.05) is 36.4 Å². The molecule has 0 saturated carbocycles. The number of rotatable bonds is 10. The number of carboxylic acid groups (broad SMARTS) is 1. The lowest BCUT2D eigenvalue weighted by molar-refractivity contribution is -0.137. The number of aliphatic carboxylic acids is 1. The Morgan fingerprint density at radius 1 is 1.15 bits per heavy atom. The van der Waals surface area contributed by atoms with Crippen LogP contribution in [0.4, 0.5) is 5.69 Å². The van der Waals surface area contributed by atoms with Crippen LogP contribution >= 0.6 is 12.2 Å². The molecule has 5 N–H and O–H groups in total. The summed E-state index contributed by atoms with van der Waals surface area (Å²) in [7, 11) is 0. The Balaban J connectivity index is 2.00. The highest BCUT2D eigenvalue weighted by Crippen LogP contribution is 2.15. The van der Waals surface area contributed by atoms with Gasteiger partial charge in [0.15, 0.2) is 0 Å². The molecule has 2 rings (SSSR count). The largest absolute Gasteiger partial charge is 0.508 e. The van der Waals surface area contributed by atoms with E-state index in [1.54, 1.807) is 12.1 Å². The van der Waals surface area contributed by atoms with E-state index < -0.39 is 12.0 Å². The summed E-state index contributed by atoms with van der Waals surface area (Å²) in [6, 6.07) is 13.8. The van der Waals surface area contributed by atoms with Crippen LogP contribution in [-0.2, 0) is 17.6 Å².